The maximum atomic E-state index is 15.2. The number of hydrogen-bond donors (Lipinski definition) is 3. The molecule has 35 heavy (non-hydrogen) atoms. The number of carbonyl (C=O) groups is 1. The predicted molar refractivity (Wildman–Crippen MR) is 126 cm³/mol. The maximum absolute atomic E-state index is 15.2. The van der Waals surface area contributed by atoms with E-state index >= 15 is 4.39 Å². The number of aromatic amines is 2. The first kappa shape index (κ1) is 22.6. The molecule has 0 aliphatic rings. The normalized spacial score (nSPS) is 11.9. The largest absolute Gasteiger partial charge is 0.345 e. The molecular weight excluding hydrogens is 478 g/mol. The Morgan fingerprint density at radius 1 is 1.06 bits per heavy atom. The number of pyridine rings is 2. The summed E-state index contributed by atoms with van der Waals surface area (Å²) in [5.74, 6) is -3.60. The molecule has 0 atom stereocenters. The van der Waals surface area contributed by atoms with Gasteiger partial charge in [-0.1, -0.05) is 6.92 Å². The van der Waals surface area contributed by atoms with Gasteiger partial charge in [-0.2, -0.15) is 5.10 Å². The lowest BCUT2D eigenvalue weighted by Gasteiger charge is -2.11. The summed E-state index contributed by atoms with van der Waals surface area (Å²) < 4.78 is 56.0. The molecule has 0 saturated heterocycles. The molecule has 0 bridgehead atoms. The summed E-state index contributed by atoms with van der Waals surface area (Å²) in [5, 5.41) is 7.82. The first-order valence-corrected chi connectivity index (χ1v) is 12.2. The van der Waals surface area contributed by atoms with Crippen molar-refractivity contribution >= 4 is 43.6 Å². The zero-order valence-electron chi connectivity index (χ0n) is 18.3. The molecule has 1 aromatic carbocycles. The fourth-order valence-corrected chi connectivity index (χ4v) is 4.94. The Bertz CT molecular complexity index is 1710. The van der Waals surface area contributed by atoms with Crippen LogP contribution in [0, 0.1) is 11.6 Å². The molecule has 0 radical (unpaired) electrons. The Balaban J connectivity index is 1.57. The molecule has 5 aromatic rings. The van der Waals surface area contributed by atoms with Crippen LogP contribution in [0.3, 0.4) is 0 Å². The van der Waals surface area contributed by atoms with Gasteiger partial charge in [0.15, 0.2) is 11.5 Å². The number of nitrogens with one attached hydrogen (secondary N) is 3. The van der Waals surface area contributed by atoms with Crippen LogP contribution in [0.15, 0.2) is 49.1 Å². The highest BCUT2D eigenvalue weighted by atomic mass is 32.2. The number of halogens is 2. The number of nitrogens with zero attached hydrogens (tertiary/aromatic N) is 3. The van der Waals surface area contributed by atoms with Crippen LogP contribution in [-0.4, -0.2) is 45.1 Å². The van der Waals surface area contributed by atoms with Crippen LogP contribution in [0.2, 0.25) is 0 Å². The number of anilines is 1. The van der Waals surface area contributed by atoms with E-state index in [4.69, 9.17) is 0 Å². The Morgan fingerprint density at radius 3 is 2.57 bits per heavy atom. The number of sulfonamides is 1. The lowest BCUT2D eigenvalue weighted by molar-refractivity contribution is 0.103. The van der Waals surface area contributed by atoms with Crippen LogP contribution >= 0.6 is 0 Å². The van der Waals surface area contributed by atoms with Crippen molar-refractivity contribution in [1.29, 1.82) is 0 Å². The molecular formula is C23H18F2N6O3S. The van der Waals surface area contributed by atoms with Crippen LogP contribution in [-0.2, 0) is 10.0 Å². The number of carbonyl (C=O) groups excluding carboxylic acids is 1. The quantitative estimate of drug-likeness (QED) is 0.290. The molecule has 0 aliphatic carbocycles. The van der Waals surface area contributed by atoms with E-state index in [-0.39, 0.29) is 11.3 Å². The summed E-state index contributed by atoms with van der Waals surface area (Å²) in [6.07, 6.45) is 6.44. The van der Waals surface area contributed by atoms with E-state index < -0.39 is 38.7 Å². The minimum Gasteiger partial charge on any atom is -0.345 e. The van der Waals surface area contributed by atoms with E-state index in [0.29, 0.717) is 34.2 Å². The maximum Gasteiger partial charge on any atom is 0.232 e. The second kappa shape index (κ2) is 8.55. The highest BCUT2D eigenvalue weighted by molar-refractivity contribution is 7.92. The van der Waals surface area contributed by atoms with Crippen molar-refractivity contribution < 1.29 is 22.0 Å². The van der Waals surface area contributed by atoms with Gasteiger partial charge in [-0.25, -0.2) is 27.2 Å². The van der Waals surface area contributed by atoms with Crippen LogP contribution in [0.5, 0.6) is 0 Å². The molecule has 12 heteroatoms. The fraction of sp³-hybridized carbons (Fsp3) is 0.130. The molecule has 0 aliphatic heterocycles. The van der Waals surface area contributed by atoms with Gasteiger partial charge in [0, 0.05) is 46.1 Å². The van der Waals surface area contributed by atoms with E-state index in [1.54, 1.807) is 31.6 Å². The lowest BCUT2D eigenvalue weighted by Crippen LogP contribution is -2.18. The first-order valence-electron chi connectivity index (χ1n) is 10.6. The minimum atomic E-state index is -3.85. The van der Waals surface area contributed by atoms with Crippen molar-refractivity contribution in [2.75, 3.05) is 10.5 Å². The third-order valence-corrected chi connectivity index (χ3v) is 6.93. The van der Waals surface area contributed by atoms with Crippen LogP contribution in [0.1, 0.15) is 29.3 Å². The van der Waals surface area contributed by atoms with E-state index in [2.05, 4.69) is 29.9 Å². The number of aromatic nitrogens is 5. The molecule has 9 nitrogen and oxygen atoms in total. The lowest BCUT2D eigenvalue weighted by atomic mass is 10.00. The van der Waals surface area contributed by atoms with Gasteiger partial charge >= 0.3 is 0 Å². The molecule has 5 rings (SSSR count). The summed E-state index contributed by atoms with van der Waals surface area (Å²) in [6.45, 7) is 1.65. The summed E-state index contributed by atoms with van der Waals surface area (Å²) in [4.78, 5) is 24.7. The molecule has 0 amide bonds. The Kier molecular flexibility index (Phi) is 5.52. The van der Waals surface area contributed by atoms with Gasteiger partial charge in [0.25, 0.3) is 0 Å². The third-order valence-electron chi connectivity index (χ3n) is 5.46. The van der Waals surface area contributed by atoms with E-state index in [9.17, 15) is 17.6 Å². The van der Waals surface area contributed by atoms with Crippen molar-refractivity contribution in [1.82, 2.24) is 25.1 Å². The van der Waals surface area contributed by atoms with Gasteiger partial charge < -0.3 is 4.98 Å². The summed E-state index contributed by atoms with van der Waals surface area (Å²) in [5.41, 5.74) is 0.908. The van der Waals surface area contributed by atoms with Gasteiger partial charge in [0.05, 0.1) is 23.2 Å². The molecule has 178 valence electrons. The average molecular weight is 496 g/mol. The summed E-state index contributed by atoms with van der Waals surface area (Å²) in [7, 11) is -3.85. The van der Waals surface area contributed by atoms with Gasteiger partial charge in [-0.05, 0) is 30.7 Å². The number of rotatable bonds is 7. The SMILES string of the molecule is CCCS(=O)(=O)Nc1ccc(F)c(C(=O)c2c[nH]c3ncc(-c4cnc5[nH]ncc5c4)cc23)c1F. The molecule has 0 fully saturated rings. The van der Waals surface area contributed by atoms with Crippen LogP contribution in [0.25, 0.3) is 33.2 Å². The van der Waals surface area contributed by atoms with Gasteiger partial charge in [-0.15, -0.1) is 0 Å². The number of hydrogen-bond acceptors (Lipinski definition) is 6. The van der Waals surface area contributed by atoms with Crippen molar-refractivity contribution in [2.24, 2.45) is 0 Å². The second-order valence-corrected chi connectivity index (χ2v) is 9.73. The molecule has 0 saturated carbocycles. The smallest absolute Gasteiger partial charge is 0.232 e. The number of fused-ring (bicyclic) bond motifs is 2. The Labute approximate surface area is 197 Å². The highest BCUT2D eigenvalue weighted by Crippen LogP contribution is 2.30. The number of H-pyrrole nitrogens is 2. The average Bonchev–Trinajstić information content (AvgIpc) is 3.46. The van der Waals surface area contributed by atoms with E-state index in [0.717, 1.165) is 17.5 Å². The fourth-order valence-electron chi connectivity index (χ4n) is 3.80. The monoisotopic (exact) mass is 496 g/mol. The van der Waals surface area contributed by atoms with Gasteiger partial charge in [-0.3, -0.25) is 14.6 Å². The van der Waals surface area contributed by atoms with E-state index in [1.165, 1.54) is 6.20 Å². The van der Waals surface area contributed by atoms with Crippen molar-refractivity contribution in [3.8, 4) is 11.1 Å². The number of ketones is 1. The molecule has 3 N–H and O–H groups in total. The standard InChI is InChI=1S/C23H18F2N6O3S/c1-2-5-35(33,34)31-18-4-3-17(24)19(20(18)25)21(32)16-11-28-23-15(16)7-13(9-27-23)12-6-14-10-29-30-22(14)26-8-12/h3-4,6-11,31H,2,5H2,1H3,(H,27,28)(H,26,29,30). The second-order valence-electron chi connectivity index (χ2n) is 7.89. The zero-order valence-corrected chi connectivity index (χ0v) is 19.1. The van der Waals surface area contributed by atoms with Crippen LogP contribution < -0.4 is 4.72 Å². The minimum absolute atomic E-state index is 0.0157. The highest BCUT2D eigenvalue weighted by Gasteiger charge is 2.26. The van der Waals surface area contributed by atoms with Crippen molar-refractivity contribution in [3.63, 3.8) is 0 Å². The third kappa shape index (κ3) is 4.12. The topological polar surface area (TPSA) is 133 Å². The molecule has 0 unspecified atom stereocenters. The summed E-state index contributed by atoms with van der Waals surface area (Å²) in [6, 6.07) is 5.31. The Morgan fingerprint density at radius 2 is 1.80 bits per heavy atom. The molecule has 4 aromatic heterocycles. The van der Waals surface area contributed by atoms with Gasteiger partial charge in [0.1, 0.15) is 11.5 Å². The number of benzene rings is 1. The Hall–Kier alpha value is -4.19. The van der Waals surface area contributed by atoms with Gasteiger partial charge in [0.2, 0.25) is 15.8 Å². The summed E-state index contributed by atoms with van der Waals surface area (Å²) >= 11 is 0. The molecule has 0 spiro atoms. The van der Waals surface area contributed by atoms with Crippen molar-refractivity contribution in [3.05, 3.63) is 71.8 Å². The predicted octanol–water partition coefficient (Wildman–Crippen LogP) is 4.16. The van der Waals surface area contributed by atoms with E-state index in [1.807, 2.05) is 6.07 Å². The molecule has 4 heterocycles. The van der Waals surface area contributed by atoms with Crippen LogP contribution in [0.4, 0.5) is 14.5 Å². The zero-order chi connectivity index (χ0) is 24.7. The first-order chi connectivity index (χ1) is 16.8. The van der Waals surface area contributed by atoms with Crippen molar-refractivity contribution in [2.45, 2.75) is 13.3 Å².